The molecule has 0 atom stereocenters. The van der Waals surface area contributed by atoms with Crippen molar-refractivity contribution < 1.29 is 18.3 Å². The second kappa shape index (κ2) is 7.38. The maximum absolute atomic E-state index is 12.1. The maximum Gasteiger partial charge on any atom is 0.308 e. The van der Waals surface area contributed by atoms with E-state index in [0.717, 1.165) is 30.1 Å². The summed E-state index contributed by atoms with van der Waals surface area (Å²) < 4.78 is 27.0. The molecule has 2 N–H and O–H groups in total. The van der Waals surface area contributed by atoms with E-state index >= 15 is 0 Å². The molecule has 5 nitrogen and oxygen atoms in total. The molecular weight excluding hydrogens is 310 g/mol. The molecule has 0 unspecified atom stereocenters. The number of aliphatic carboxylic acids is 1. The van der Waals surface area contributed by atoms with Gasteiger partial charge in [0.2, 0.25) is 10.0 Å². The summed E-state index contributed by atoms with van der Waals surface area (Å²) in [5.41, 5.74) is 0. The van der Waals surface area contributed by atoms with Crippen LogP contribution < -0.4 is 4.72 Å². The summed E-state index contributed by atoms with van der Waals surface area (Å²) in [4.78, 5) is 11.2. The van der Waals surface area contributed by atoms with Crippen LogP contribution in [0.1, 0.15) is 43.4 Å². The van der Waals surface area contributed by atoms with Gasteiger partial charge in [0.1, 0.15) is 4.21 Å². The van der Waals surface area contributed by atoms with Crippen LogP contribution in [0.5, 0.6) is 0 Å². The molecule has 1 aromatic heterocycles. The van der Waals surface area contributed by atoms with Gasteiger partial charge in [-0.05, 0) is 30.9 Å². The Hall–Kier alpha value is -0.920. The van der Waals surface area contributed by atoms with E-state index in [1.165, 1.54) is 31.7 Å². The molecule has 1 heterocycles. The molecule has 0 aliphatic heterocycles. The monoisotopic (exact) mass is 331 g/mol. The Kier molecular flexibility index (Phi) is 5.78. The Balaban J connectivity index is 1.80. The molecule has 1 aliphatic carbocycles. The summed E-state index contributed by atoms with van der Waals surface area (Å²) in [6, 6.07) is 3.04. The molecule has 0 amide bonds. The summed E-state index contributed by atoms with van der Waals surface area (Å²) in [5.74, 6) is -0.191. The second-order valence-corrected chi connectivity index (χ2v) is 8.64. The van der Waals surface area contributed by atoms with E-state index in [9.17, 15) is 13.2 Å². The quantitative estimate of drug-likeness (QED) is 0.717. The molecule has 0 saturated heterocycles. The third-order valence-electron chi connectivity index (χ3n) is 3.78. The van der Waals surface area contributed by atoms with E-state index in [1.807, 2.05) is 0 Å². The predicted molar refractivity (Wildman–Crippen MR) is 82.0 cm³/mol. The van der Waals surface area contributed by atoms with E-state index in [0.29, 0.717) is 11.4 Å². The summed E-state index contributed by atoms with van der Waals surface area (Å²) in [6.45, 7) is 0.449. The van der Waals surface area contributed by atoms with Gasteiger partial charge in [-0.25, -0.2) is 13.1 Å². The number of carboxylic acid groups (broad SMARTS) is 1. The van der Waals surface area contributed by atoms with Crippen LogP contribution in [-0.4, -0.2) is 26.0 Å². The van der Waals surface area contributed by atoms with Gasteiger partial charge in [0.05, 0.1) is 6.42 Å². The fourth-order valence-electron chi connectivity index (χ4n) is 2.71. The normalized spacial score (nSPS) is 16.4. The van der Waals surface area contributed by atoms with Crippen molar-refractivity contribution in [1.29, 1.82) is 0 Å². The molecule has 1 saturated carbocycles. The number of thiophene rings is 1. The van der Waals surface area contributed by atoms with Crippen molar-refractivity contribution in [2.24, 2.45) is 5.92 Å². The minimum Gasteiger partial charge on any atom is -0.481 e. The van der Waals surface area contributed by atoms with Crippen molar-refractivity contribution in [2.75, 3.05) is 6.54 Å². The van der Waals surface area contributed by atoms with Crippen LogP contribution in [0.25, 0.3) is 0 Å². The average Bonchev–Trinajstić information content (AvgIpc) is 3.05. The topological polar surface area (TPSA) is 83.5 Å². The molecule has 1 aliphatic rings. The number of carbonyl (C=O) groups is 1. The molecule has 1 fully saturated rings. The van der Waals surface area contributed by atoms with Crippen LogP contribution in [0.3, 0.4) is 0 Å². The number of carboxylic acids is 1. The Morgan fingerprint density at radius 3 is 2.71 bits per heavy atom. The number of nitrogens with one attached hydrogen (secondary N) is 1. The lowest BCUT2D eigenvalue weighted by atomic mass is 10.0. The standard InChI is InChI=1S/C14H21NO4S2/c16-13(17)10-12-7-8-14(20-12)21(18,19)15-9-3-6-11-4-1-2-5-11/h7-8,11,15H,1-6,9-10H2,(H,16,17). The van der Waals surface area contributed by atoms with Crippen molar-refractivity contribution in [1.82, 2.24) is 4.72 Å². The van der Waals surface area contributed by atoms with Gasteiger partial charge >= 0.3 is 5.97 Å². The Morgan fingerprint density at radius 2 is 2.05 bits per heavy atom. The van der Waals surface area contributed by atoms with Crippen LogP contribution >= 0.6 is 11.3 Å². The van der Waals surface area contributed by atoms with Crippen LogP contribution in [-0.2, 0) is 21.2 Å². The van der Waals surface area contributed by atoms with Gasteiger partial charge in [0, 0.05) is 11.4 Å². The highest BCUT2D eigenvalue weighted by Gasteiger charge is 2.18. The molecule has 0 bridgehead atoms. The van der Waals surface area contributed by atoms with Gasteiger partial charge in [-0.3, -0.25) is 4.79 Å². The second-order valence-electron chi connectivity index (χ2n) is 5.48. The zero-order chi connectivity index (χ0) is 15.3. The van der Waals surface area contributed by atoms with Crippen LogP contribution in [0.2, 0.25) is 0 Å². The first-order valence-corrected chi connectivity index (χ1v) is 9.57. The molecule has 21 heavy (non-hydrogen) atoms. The zero-order valence-corrected chi connectivity index (χ0v) is 13.5. The summed E-state index contributed by atoms with van der Waals surface area (Å²) >= 11 is 1.02. The maximum atomic E-state index is 12.1. The first-order valence-electron chi connectivity index (χ1n) is 7.27. The zero-order valence-electron chi connectivity index (χ0n) is 11.9. The van der Waals surface area contributed by atoms with Crippen LogP contribution in [0, 0.1) is 5.92 Å². The van der Waals surface area contributed by atoms with Gasteiger partial charge in [-0.2, -0.15) is 0 Å². The average molecular weight is 331 g/mol. The molecule has 118 valence electrons. The van der Waals surface area contributed by atoms with Crippen molar-refractivity contribution in [3.05, 3.63) is 17.0 Å². The number of hydrogen-bond acceptors (Lipinski definition) is 4. The van der Waals surface area contributed by atoms with E-state index in [2.05, 4.69) is 4.72 Å². The third-order valence-corrected chi connectivity index (χ3v) is 6.82. The van der Waals surface area contributed by atoms with Crippen molar-refractivity contribution in [3.63, 3.8) is 0 Å². The summed E-state index contributed by atoms with van der Waals surface area (Å²) in [7, 11) is -3.50. The lowest BCUT2D eigenvalue weighted by Gasteiger charge is -2.09. The molecule has 0 spiro atoms. The van der Waals surface area contributed by atoms with E-state index in [4.69, 9.17) is 5.11 Å². The molecule has 1 aromatic rings. The smallest absolute Gasteiger partial charge is 0.308 e. The first-order chi connectivity index (χ1) is 9.97. The van der Waals surface area contributed by atoms with Gasteiger partial charge in [-0.15, -0.1) is 11.3 Å². The lowest BCUT2D eigenvalue weighted by molar-refractivity contribution is -0.136. The number of hydrogen-bond donors (Lipinski definition) is 2. The first kappa shape index (κ1) is 16.5. The van der Waals surface area contributed by atoms with Crippen molar-refractivity contribution >= 4 is 27.3 Å². The van der Waals surface area contributed by atoms with Crippen LogP contribution in [0.15, 0.2) is 16.3 Å². The SMILES string of the molecule is O=C(O)Cc1ccc(S(=O)(=O)NCCCC2CCCC2)s1. The van der Waals surface area contributed by atoms with E-state index in [-0.39, 0.29) is 10.6 Å². The minimum absolute atomic E-state index is 0.137. The Bertz CT molecular complexity index is 574. The van der Waals surface area contributed by atoms with E-state index in [1.54, 1.807) is 6.07 Å². The highest BCUT2D eigenvalue weighted by Crippen LogP contribution is 2.28. The van der Waals surface area contributed by atoms with Crippen molar-refractivity contribution in [2.45, 2.75) is 49.2 Å². The molecule has 0 radical (unpaired) electrons. The fraction of sp³-hybridized carbons (Fsp3) is 0.643. The third kappa shape index (κ3) is 5.09. The molecule has 0 aromatic carbocycles. The highest BCUT2D eigenvalue weighted by atomic mass is 32.2. The summed E-state index contributed by atoms with van der Waals surface area (Å²) in [6.07, 6.45) is 6.96. The lowest BCUT2D eigenvalue weighted by Crippen LogP contribution is -2.24. The van der Waals surface area contributed by atoms with Gasteiger partial charge < -0.3 is 5.11 Å². The highest BCUT2D eigenvalue weighted by molar-refractivity contribution is 7.91. The predicted octanol–water partition coefficient (Wildman–Crippen LogP) is 2.62. The Morgan fingerprint density at radius 1 is 1.33 bits per heavy atom. The molecular formula is C14H21NO4S2. The van der Waals surface area contributed by atoms with Crippen LogP contribution in [0.4, 0.5) is 0 Å². The molecule has 7 heteroatoms. The van der Waals surface area contributed by atoms with E-state index < -0.39 is 16.0 Å². The minimum atomic E-state index is -3.50. The van der Waals surface area contributed by atoms with Gasteiger partial charge in [0.25, 0.3) is 0 Å². The van der Waals surface area contributed by atoms with Gasteiger partial charge in [0.15, 0.2) is 0 Å². The number of rotatable bonds is 8. The largest absolute Gasteiger partial charge is 0.481 e. The Labute approximate surface area is 129 Å². The van der Waals surface area contributed by atoms with Gasteiger partial charge in [-0.1, -0.05) is 25.7 Å². The number of sulfonamides is 1. The fourth-order valence-corrected chi connectivity index (χ4v) is 5.18. The molecule has 2 rings (SSSR count). The van der Waals surface area contributed by atoms with Crippen molar-refractivity contribution in [3.8, 4) is 0 Å². The summed E-state index contributed by atoms with van der Waals surface area (Å²) in [5, 5.41) is 8.70.